The van der Waals surface area contributed by atoms with E-state index in [1.807, 2.05) is 24.3 Å². The number of nitrogens with zero attached hydrogens (tertiary/aromatic N) is 3. The van der Waals surface area contributed by atoms with E-state index in [-0.39, 0.29) is 29.9 Å². The number of carbonyl (C=O) groups is 1. The zero-order chi connectivity index (χ0) is 27.2. The number of rotatable bonds is 10. The molecule has 10 heteroatoms. The first-order valence-electron chi connectivity index (χ1n) is 12.0. The molecule has 0 fully saturated rings. The van der Waals surface area contributed by atoms with E-state index in [4.69, 9.17) is 13.9 Å². The third kappa shape index (κ3) is 6.09. The van der Waals surface area contributed by atoms with Gasteiger partial charge in [0, 0.05) is 28.7 Å². The Balaban J connectivity index is 1.35. The Morgan fingerprint density at radius 2 is 1.79 bits per heavy atom. The number of amides is 1. The molecular weight excluding hydrogens is 488 g/mol. The van der Waals surface area contributed by atoms with E-state index in [2.05, 4.69) is 41.1 Å². The molecule has 196 valence electrons. The quantitative estimate of drug-likeness (QED) is 0.163. The van der Waals surface area contributed by atoms with Crippen LogP contribution in [0.5, 0.6) is 11.5 Å². The van der Waals surface area contributed by atoms with Crippen molar-refractivity contribution in [1.29, 1.82) is 0 Å². The van der Waals surface area contributed by atoms with Crippen molar-refractivity contribution in [2.24, 2.45) is 5.10 Å². The van der Waals surface area contributed by atoms with E-state index in [1.54, 1.807) is 26.0 Å². The van der Waals surface area contributed by atoms with E-state index >= 15 is 0 Å². The smallest absolute Gasteiger partial charge is 0.311 e. The molecule has 2 aromatic heterocycles. The number of nitrogens with one attached hydrogen (secondary N) is 1. The third-order valence-corrected chi connectivity index (χ3v) is 5.58. The Morgan fingerprint density at radius 3 is 2.45 bits per heavy atom. The van der Waals surface area contributed by atoms with E-state index in [0.29, 0.717) is 17.1 Å². The van der Waals surface area contributed by atoms with Crippen LogP contribution in [0.4, 0.5) is 5.69 Å². The minimum atomic E-state index is -0.578. The summed E-state index contributed by atoms with van der Waals surface area (Å²) in [6, 6.07) is 19.5. The number of benzene rings is 2. The average molecular weight is 517 g/mol. The van der Waals surface area contributed by atoms with Gasteiger partial charge < -0.3 is 18.5 Å². The molecule has 0 saturated carbocycles. The zero-order valence-electron chi connectivity index (χ0n) is 21.5. The second-order valence-corrected chi connectivity index (χ2v) is 8.82. The minimum Gasteiger partial charge on any atom is -0.486 e. The summed E-state index contributed by atoms with van der Waals surface area (Å²) < 4.78 is 19.1. The molecule has 10 nitrogen and oxygen atoms in total. The van der Waals surface area contributed by atoms with Gasteiger partial charge in [-0.05, 0) is 82.3 Å². The van der Waals surface area contributed by atoms with Crippen LogP contribution in [0.2, 0.25) is 0 Å². The Kier molecular flexibility index (Phi) is 7.91. The van der Waals surface area contributed by atoms with Crippen molar-refractivity contribution in [3.63, 3.8) is 0 Å². The SMILES string of the molecule is Cc1ccc(C)n1-c1ccc(OCc2ccc(C(=O)N/N=C/c3cccc([N+](=O)[O-])c3OC(C)C)o2)cc1. The van der Waals surface area contributed by atoms with Crippen LogP contribution >= 0.6 is 0 Å². The number of furan rings is 1. The molecule has 0 unspecified atom stereocenters. The van der Waals surface area contributed by atoms with Crippen LogP contribution in [0.3, 0.4) is 0 Å². The van der Waals surface area contributed by atoms with E-state index < -0.39 is 10.8 Å². The molecule has 0 spiro atoms. The van der Waals surface area contributed by atoms with Gasteiger partial charge in [0.15, 0.2) is 5.76 Å². The lowest BCUT2D eigenvalue weighted by Crippen LogP contribution is -2.17. The standard InChI is InChI=1S/C28H28N4O6/c1-18(2)37-27-21(6-5-7-25(27)32(34)35)16-29-30-28(33)26-15-14-24(38-26)17-36-23-12-10-22(11-13-23)31-19(3)8-9-20(31)4/h5-16,18H,17H2,1-4H3,(H,30,33)/b29-16+. The molecule has 0 aliphatic heterocycles. The molecule has 0 aliphatic rings. The van der Waals surface area contributed by atoms with E-state index in [0.717, 1.165) is 17.1 Å². The third-order valence-electron chi connectivity index (χ3n) is 5.58. The number of carbonyl (C=O) groups excluding carboxylic acids is 1. The van der Waals surface area contributed by atoms with Gasteiger partial charge in [-0.2, -0.15) is 5.10 Å². The van der Waals surface area contributed by atoms with Crippen LogP contribution in [-0.2, 0) is 6.61 Å². The summed E-state index contributed by atoms with van der Waals surface area (Å²) in [5.74, 6) is 0.680. The number of para-hydroxylation sites is 1. The molecule has 0 aliphatic carbocycles. The molecule has 38 heavy (non-hydrogen) atoms. The Hall–Kier alpha value is -4.86. The fourth-order valence-corrected chi connectivity index (χ4v) is 3.87. The number of aryl methyl sites for hydroxylation is 2. The predicted molar refractivity (Wildman–Crippen MR) is 142 cm³/mol. The van der Waals surface area contributed by atoms with Crippen LogP contribution in [0, 0.1) is 24.0 Å². The van der Waals surface area contributed by atoms with E-state index in [9.17, 15) is 14.9 Å². The van der Waals surface area contributed by atoms with Crippen molar-refractivity contribution in [2.75, 3.05) is 0 Å². The van der Waals surface area contributed by atoms with Crippen molar-refractivity contribution < 1.29 is 23.6 Å². The summed E-state index contributed by atoms with van der Waals surface area (Å²) in [5.41, 5.74) is 5.87. The van der Waals surface area contributed by atoms with Crippen LogP contribution < -0.4 is 14.9 Å². The Morgan fingerprint density at radius 1 is 1.08 bits per heavy atom. The van der Waals surface area contributed by atoms with Crippen molar-refractivity contribution in [3.8, 4) is 17.2 Å². The number of ether oxygens (including phenoxy) is 2. The van der Waals surface area contributed by atoms with Crippen molar-refractivity contribution >= 4 is 17.8 Å². The average Bonchev–Trinajstić information content (AvgIpc) is 3.49. The van der Waals surface area contributed by atoms with Crippen LogP contribution in [0.25, 0.3) is 5.69 Å². The lowest BCUT2D eigenvalue weighted by molar-refractivity contribution is -0.386. The number of aromatic nitrogens is 1. The highest BCUT2D eigenvalue weighted by atomic mass is 16.6. The first-order valence-corrected chi connectivity index (χ1v) is 12.0. The maximum Gasteiger partial charge on any atom is 0.311 e. The summed E-state index contributed by atoms with van der Waals surface area (Å²) in [6.45, 7) is 7.77. The summed E-state index contributed by atoms with van der Waals surface area (Å²) >= 11 is 0. The molecule has 0 atom stereocenters. The van der Waals surface area contributed by atoms with Gasteiger partial charge in [-0.15, -0.1) is 0 Å². The van der Waals surface area contributed by atoms with Gasteiger partial charge in [-0.1, -0.05) is 6.07 Å². The molecule has 0 saturated heterocycles. The predicted octanol–water partition coefficient (Wildman–Crippen LogP) is 5.73. The molecule has 1 amide bonds. The van der Waals surface area contributed by atoms with Gasteiger partial charge in [0.1, 0.15) is 18.1 Å². The molecule has 4 rings (SSSR count). The fraction of sp³-hybridized carbons (Fsp3) is 0.214. The maximum absolute atomic E-state index is 12.5. The molecule has 0 radical (unpaired) electrons. The highest BCUT2D eigenvalue weighted by Gasteiger charge is 2.19. The number of hydrogen-bond donors (Lipinski definition) is 1. The van der Waals surface area contributed by atoms with Gasteiger partial charge in [-0.25, -0.2) is 5.43 Å². The molecule has 2 heterocycles. The molecule has 1 N–H and O–H groups in total. The van der Waals surface area contributed by atoms with Gasteiger partial charge in [-0.3, -0.25) is 14.9 Å². The number of hydrogen-bond acceptors (Lipinski definition) is 7. The number of nitro groups is 1. The highest BCUT2D eigenvalue weighted by molar-refractivity contribution is 5.93. The summed E-state index contributed by atoms with van der Waals surface area (Å²) in [5, 5.41) is 15.3. The van der Waals surface area contributed by atoms with Gasteiger partial charge >= 0.3 is 11.6 Å². The first-order chi connectivity index (χ1) is 18.2. The lowest BCUT2D eigenvalue weighted by Gasteiger charge is -2.12. The second kappa shape index (κ2) is 11.5. The molecule has 4 aromatic rings. The minimum absolute atomic E-state index is 0.0485. The summed E-state index contributed by atoms with van der Waals surface area (Å²) in [4.78, 5) is 23.3. The van der Waals surface area contributed by atoms with Gasteiger partial charge in [0.25, 0.3) is 0 Å². The van der Waals surface area contributed by atoms with Crippen LogP contribution in [0.1, 0.15) is 47.1 Å². The van der Waals surface area contributed by atoms with Gasteiger partial charge in [0.2, 0.25) is 5.75 Å². The topological polar surface area (TPSA) is 121 Å². The van der Waals surface area contributed by atoms with Crippen LogP contribution in [-0.4, -0.2) is 27.7 Å². The number of hydrazone groups is 1. The lowest BCUT2D eigenvalue weighted by atomic mass is 10.2. The Labute approximate surface area is 219 Å². The van der Waals surface area contributed by atoms with Crippen molar-refractivity contribution in [1.82, 2.24) is 9.99 Å². The summed E-state index contributed by atoms with van der Waals surface area (Å²) in [6.07, 6.45) is 1.00. The molecule has 2 aromatic carbocycles. The molecule has 0 bridgehead atoms. The number of nitro benzene ring substituents is 1. The normalized spacial score (nSPS) is 11.2. The fourth-order valence-electron chi connectivity index (χ4n) is 3.87. The Bertz CT molecular complexity index is 1450. The van der Waals surface area contributed by atoms with Gasteiger partial charge in [0.05, 0.1) is 17.2 Å². The highest BCUT2D eigenvalue weighted by Crippen LogP contribution is 2.30. The second-order valence-electron chi connectivity index (χ2n) is 8.82. The van der Waals surface area contributed by atoms with Crippen molar-refractivity contribution in [3.05, 3.63) is 105 Å². The first kappa shape index (κ1) is 26.2. The maximum atomic E-state index is 12.5. The zero-order valence-corrected chi connectivity index (χ0v) is 21.5. The largest absolute Gasteiger partial charge is 0.486 e. The van der Waals surface area contributed by atoms with Crippen molar-refractivity contribution in [2.45, 2.75) is 40.4 Å². The summed E-state index contributed by atoms with van der Waals surface area (Å²) in [7, 11) is 0. The van der Waals surface area contributed by atoms with Crippen LogP contribution in [0.15, 0.2) is 76.2 Å². The molecular formula is C28H28N4O6. The van der Waals surface area contributed by atoms with E-state index in [1.165, 1.54) is 24.4 Å². The monoisotopic (exact) mass is 516 g/mol.